The molecule has 0 saturated heterocycles. The van der Waals surface area contributed by atoms with E-state index in [4.69, 9.17) is 9.47 Å². The number of hydrogen-bond donors (Lipinski definition) is 2. The third-order valence-corrected chi connectivity index (χ3v) is 5.48. The minimum absolute atomic E-state index is 0.0299. The van der Waals surface area contributed by atoms with Crippen LogP contribution in [0.3, 0.4) is 0 Å². The first-order valence-electron chi connectivity index (χ1n) is 9.55. The second-order valence-corrected chi connectivity index (χ2v) is 7.24. The van der Waals surface area contributed by atoms with Gasteiger partial charge in [-0.1, -0.05) is 18.2 Å². The number of ether oxygens (including phenoxy) is 2. The summed E-state index contributed by atoms with van der Waals surface area (Å²) in [6.07, 6.45) is 5.33. The van der Waals surface area contributed by atoms with Crippen LogP contribution in [0.15, 0.2) is 42.6 Å². The van der Waals surface area contributed by atoms with E-state index >= 15 is 0 Å². The van der Waals surface area contributed by atoms with Crippen LogP contribution in [0.1, 0.15) is 35.6 Å². The minimum atomic E-state index is 0.0299. The molecule has 3 aromatic rings. The van der Waals surface area contributed by atoms with E-state index < -0.39 is 0 Å². The van der Waals surface area contributed by atoms with Crippen LogP contribution in [0.4, 0.5) is 0 Å². The Bertz CT molecular complexity index is 1010. The molecule has 2 heterocycles. The molecule has 0 saturated carbocycles. The van der Waals surface area contributed by atoms with Crippen molar-refractivity contribution in [2.24, 2.45) is 0 Å². The van der Waals surface area contributed by atoms with Gasteiger partial charge in [-0.05, 0) is 54.2 Å². The molecular weight excluding hydrogens is 340 g/mol. The summed E-state index contributed by atoms with van der Waals surface area (Å²) in [6.45, 7) is 1.17. The average Bonchev–Trinajstić information content (AvgIpc) is 3.10. The Balaban J connectivity index is 1.36. The van der Waals surface area contributed by atoms with Crippen molar-refractivity contribution in [2.75, 3.05) is 13.2 Å². The molecule has 2 aliphatic rings. The summed E-state index contributed by atoms with van der Waals surface area (Å²) in [5, 5.41) is 4.34. The summed E-state index contributed by atoms with van der Waals surface area (Å²) in [5.41, 5.74) is 4.51. The van der Waals surface area contributed by atoms with E-state index in [9.17, 15) is 4.79 Å². The van der Waals surface area contributed by atoms with Crippen LogP contribution < -0.4 is 14.8 Å². The fourth-order valence-electron chi connectivity index (χ4n) is 4.19. The SMILES string of the molecule is O=C(Cc1c[nH]c2ccccc12)NC1CCCc2cc3c(cc21)OCCO3. The van der Waals surface area contributed by atoms with Crippen molar-refractivity contribution in [1.29, 1.82) is 0 Å². The molecule has 5 heteroatoms. The van der Waals surface area contributed by atoms with E-state index in [0.717, 1.165) is 52.8 Å². The van der Waals surface area contributed by atoms with Gasteiger partial charge in [0.15, 0.2) is 11.5 Å². The summed E-state index contributed by atoms with van der Waals surface area (Å²) in [6, 6.07) is 12.2. The van der Waals surface area contributed by atoms with Gasteiger partial charge in [-0.2, -0.15) is 0 Å². The van der Waals surface area contributed by atoms with Crippen LogP contribution in [-0.2, 0) is 17.6 Å². The van der Waals surface area contributed by atoms with Crippen LogP contribution in [0.2, 0.25) is 0 Å². The highest BCUT2D eigenvalue weighted by Gasteiger charge is 2.25. The molecule has 2 N–H and O–H groups in total. The maximum absolute atomic E-state index is 12.7. The molecule has 5 nitrogen and oxygen atoms in total. The van der Waals surface area contributed by atoms with Crippen LogP contribution in [0.5, 0.6) is 11.5 Å². The van der Waals surface area contributed by atoms with E-state index in [2.05, 4.69) is 22.4 Å². The van der Waals surface area contributed by atoms with Gasteiger partial charge in [0, 0.05) is 17.1 Å². The largest absolute Gasteiger partial charge is 0.486 e. The Morgan fingerprint density at radius 3 is 2.85 bits per heavy atom. The van der Waals surface area contributed by atoms with Gasteiger partial charge < -0.3 is 19.8 Å². The predicted octanol–water partition coefficient (Wildman–Crippen LogP) is 3.68. The zero-order valence-corrected chi connectivity index (χ0v) is 15.1. The first kappa shape index (κ1) is 16.2. The molecule has 1 unspecified atom stereocenters. The van der Waals surface area contributed by atoms with Crippen LogP contribution in [-0.4, -0.2) is 24.1 Å². The number of aromatic nitrogens is 1. The number of para-hydroxylation sites is 1. The van der Waals surface area contributed by atoms with E-state index in [1.54, 1.807) is 0 Å². The first-order valence-corrected chi connectivity index (χ1v) is 9.55. The summed E-state index contributed by atoms with van der Waals surface area (Å²) in [4.78, 5) is 16.0. The molecule has 5 rings (SSSR count). The maximum Gasteiger partial charge on any atom is 0.224 e. The standard InChI is InChI=1S/C22H22N2O3/c25-22(11-15-13-23-18-6-2-1-5-16(15)18)24-19-7-3-4-14-10-20-21(12-17(14)19)27-9-8-26-20/h1-2,5-6,10,12-13,19,23H,3-4,7-9,11H2,(H,24,25). The number of fused-ring (bicyclic) bond motifs is 3. The van der Waals surface area contributed by atoms with Gasteiger partial charge in [0.05, 0.1) is 12.5 Å². The van der Waals surface area contributed by atoms with Crippen molar-refractivity contribution < 1.29 is 14.3 Å². The fourth-order valence-corrected chi connectivity index (χ4v) is 4.19. The van der Waals surface area contributed by atoms with E-state index in [1.807, 2.05) is 30.5 Å². The van der Waals surface area contributed by atoms with Crippen molar-refractivity contribution in [3.63, 3.8) is 0 Å². The second kappa shape index (κ2) is 6.65. The highest BCUT2D eigenvalue weighted by atomic mass is 16.6. The highest BCUT2D eigenvalue weighted by molar-refractivity contribution is 5.89. The van der Waals surface area contributed by atoms with Gasteiger partial charge in [0.25, 0.3) is 0 Å². The number of carbonyl (C=O) groups is 1. The molecule has 27 heavy (non-hydrogen) atoms. The number of aromatic amines is 1. The lowest BCUT2D eigenvalue weighted by Crippen LogP contribution is -2.32. The Hall–Kier alpha value is -2.95. The number of rotatable bonds is 3. The lowest BCUT2D eigenvalue weighted by Gasteiger charge is -2.29. The molecule has 0 radical (unpaired) electrons. The number of aryl methyl sites for hydroxylation is 1. The Kier molecular flexibility index (Phi) is 4.00. The molecule has 1 aromatic heterocycles. The number of nitrogens with one attached hydrogen (secondary N) is 2. The zero-order valence-electron chi connectivity index (χ0n) is 15.1. The molecular formula is C22H22N2O3. The molecule has 0 spiro atoms. The van der Waals surface area contributed by atoms with Crippen molar-refractivity contribution >= 4 is 16.8 Å². The lowest BCUT2D eigenvalue weighted by atomic mass is 9.87. The predicted molar refractivity (Wildman–Crippen MR) is 103 cm³/mol. The highest BCUT2D eigenvalue weighted by Crippen LogP contribution is 2.39. The smallest absolute Gasteiger partial charge is 0.224 e. The number of hydrogen-bond acceptors (Lipinski definition) is 3. The number of carbonyl (C=O) groups excluding carboxylic acids is 1. The quantitative estimate of drug-likeness (QED) is 0.747. The van der Waals surface area contributed by atoms with Crippen LogP contribution in [0, 0.1) is 0 Å². The third-order valence-electron chi connectivity index (χ3n) is 5.48. The molecule has 1 atom stereocenters. The molecule has 1 aliphatic heterocycles. The van der Waals surface area contributed by atoms with Gasteiger partial charge in [0.1, 0.15) is 13.2 Å². The van der Waals surface area contributed by atoms with Crippen LogP contribution in [0.25, 0.3) is 10.9 Å². The van der Waals surface area contributed by atoms with E-state index in [1.165, 1.54) is 5.56 Å². The van der Waals surface area contributed by atoms with Gasteiger partial charge in [-0.3, -0.25) is 4.79 Å². The van der Waals surface area contributed by atoms with E-state index in [0.29, 0.717) is 19.6 Å². The normalized spacial score (nSPS) is 18.1. The molecule has 0 bridgehead atoms. The van der Waals surface area contributed by atoms with Crippen molar-refractivity contribution in [1.82, 2.24) is 10.3 Å². The second-order valence-electron chi connectivity index (χ2n) is 7.24. The summed E-state index contributed by atoms with van der Waals surface area (Å²) >= 11 is 0. The number of H-pyrrole nitrogens is 1. The van der Waals surface area contributed by atoms with Crippen molar-refractivity contribution in [3.8, 4) is 11.5 Å². The summed E-state index contributed by atoms with van der Waals surface area (Å²) in [5.74, 6) is 1.66. The van der Waals surface area contributed by atoms with Crippen molar-refractivity contribution in [2.45, 2.75) is 31.7 Å². The van der Waals surface area contributed by atoms with Gasteiger partial charge in [-0.25, -0.2) is 0 Å². The lowest BCUT2D eigenvalue weighted by molar-refractivity contribution is -0.121. The molecule has 0 fully saturated rings. The Morgan fingerprint density at radius 2 is 1.96 bits per heavy atom. The van der Waals surface area contributed by atoms with Gasteiger partial charge in [-0.15, -0.1) is 0 Å². The molecule has 138 valence electrons. The Morgan fingerprint density at radius 1 is 1.15 bits per heavy atom. The first-order chi connectivity index (χ1) is 13.3. The minimum Gasteiger partial charge on any atom is -0.486 e. The van der Waals surface area contributed by atoms with Gasteiger partial charge in [0.2, 0.25) is 5.91 Å². The third kappa shape index (κ3) is 3.03. The maximum atomic E-state index is 12.7. The molecule has 1 aliphatic carbocycles. The number of benzene rings is 2. The average molecular weight is 362 g/mol. The molecule has 2 aromatic carbocycles. The van der Waals surface area contributed by atoms with Crippen LogP contribution >= 0.6 is 0 Å². The van der Waals surface area contributed by atoms with Crippen molar-refractivity contribution in [3.05, 3.63) is 59.3 Å². The summed E-state index contributed by atoms with van der Waals surface area (Å²) < 4.78 is 11.4. The monoisotopic (exact) mass is 362 g/mol. The topological polar surface area (TPSA) is 63.4 Å². The number of amides is 1. The van der Waals surface area contributed by atoms with E-state index in [-0.39, 0.29) is 11.9 Å². The molecule has 1 amide bonds. The van der Waals surface area contributed by atoms with Gasteiger partial charge >= 0.3 is 0 Å². The fraction of sp³-hybridized carbons (Fsp3) is 0.318. The summed E-state index contributed by atoms with van der Waals surface area (Å²) in [7, 11) is 0. The zero-order chi connectivity index (χ0) is 18.2. The Labute approximate surface area is 157 Å².